The number of ether oxygens (including phenoxy) is 2. The second-order valence-corrected chi connectivity index (χ2v) is 8.66. The molecular formula is C25H17Cl3N2O5. The van der Waals surface area contributed by atoms with Gasteiger partial charge in [-0.2, -0.15) is 0 Å². The lowest BCUT2D eigenvalue weighted by Gasteiger charge is -2.26. The first-order chi connectivity index (χ1) is 16.8. The number of benzene rings is 3. The number of hydrogen-bond acceptors (Lipinski definition) is 5. The number of nitrogens with zero attached hydrogens (tertiary/aromatic N) is 1. The fourth-order valence-corrected chi connectivity index (χ4v) is 4.18. The number of amides is 4. The lowest BCUT2D eigenvalue weighted by Crippen LogP contribution is -2.54. The monoisotopic (exact) mass is 530 g/mol. The van der Waals surface area contributed by atoms with Crippen LogP contribution in [0.1, 0.15) is 11.1 Å². The second kappa shape index (κ2) is 10.4. The van der Waals surface area contributed by atoms with Gasteiger partial charge in [0.05, 0.1) is 17.8 Å². The molecule has 1 heterocycles. The molecule has 0 spiro atoms. The van der Waals surface area contributed by atoms with Crippen LogP contribution in [0.2, 0.25) is 15.1 Å². The first-order valence-corrected chi connectivity index (χ1v) is 11.3. The Morgan fingerprint density at radius 1 is 0.943 bits per heavy atom. The van der Waals surface area contributed by atoms with Gasteiger partial charge in [0.15, 0.2) is 0 Å². The maximum absolute atomic E-state index is 13.2. The number of nitrogens with one attached hydrogen (secondary N) is 1. The molecule has 1 fully saturated rings. The summed E-state index contributed by atoms with van der Waals surface area (Å²) < 4.78 is 11.0. The smallest absolute Gasteiger partial charge is 0.335 e. The SMILES string of the molecule is COc1ccc(N2C(=O)NC(=O)/C(=C\c3cc(Cl)cc(Cl)c3OCc3cccc(Cl)c3)C2=O)cc1. The molecule has 10 heteroatoms. The molecule has 1 aliphatic rings. The molecular weight excluding hydrogens is 515 g/mol. The Morgan fingerprint density at radius 3 is 2.37 bits per heavy atom. The van der Waals surface area contributed by atoms with Gasteiger partial charge in [0.2, 0.25) is 0 Å². The van der Waals surface area contributed by atoms with E-state index in [1.165, 1.54) is 37.5 Å². The summed E-state index contributed by atoms with van der Waals surface area (Å²) in [5.74, 6) is -0.931. The number of methoxy groups -OCH3 is 1. The van der Waals surface area contributed by atoms with Gasteiger partial charge in [-0.25, -0.2) is 9.69 Å². The van der Waals surface area contributed by atoms with Crippen LogP contribution in [0, 0.1) is 0 Å². The molecule has 1 saturated heterocycles. The molecule has 3 aromatic rings. The standard InChI is InChI=1S/C25H17Cl3N2O5/c1-34-19-7-5-18(6-8-19)30-24(32)20(23(31)29-25(30)33)11-15-10-17(27)12-21(28)22(15)35-13-14-3-2-4-16(26)9-14/h2-12H,13H2,1H3,(H,29,31,33)/b20-11+. The van der Waals surface area contributed by atoms with Crippen LogP contribution in [0.15, 0.2) is 66.2 Å². The highest BCUT2D eigenvalue weighted by atomic mass is 35.5. The average Bonchev–Trinajstić information content (AvgIpc) is 2.81. The van der Waals surface area contributed by atoms with Crippen LogP contribution in [-0.2, 0) is 16.2 Å². The number of carbonyl (C=O) groups is 3. The van der Waals surface area contributed by atoms with Gasteiger partial charge in [0.25, 0.3) is 11.8 Å². The number of urea groups is 1. The average molecular weight is 532 g/mol. The Balaban J connectivity index is 1.70. The summed E-state index contributed by atoms with van der Waals surface area (Å²) >= 11 is 18.6. The second-order valence-electron chi connectivity index (χ2n) is 7.38. The minimum atomic E-state index is -0.871. The summed E-state index contributed by atoms with van der Waals surface area (Å²) in [6, 6.07) is 15.4. The predicted molar refractivity (Wildman–Crippen MR) is 134 cm³/mol. The first kappa shape index (κ1) is 24.6. The first-order valence-electron chi connectivity index (χ1n) is 10.2. The molecule has 3 aromatic carbocycles. The molecule has 0 unspecified atom stereocenters. The van der Waals surface area contributed by atoms with Gasteiger partial charge in [-0.1, -0.05) is 46.9 Å². The van der Waals surface area contributed by atoms with Crippen molar-refractivity contribution in [2.45, 2.75) is 6.61 Å². The topological polar surface area (TPSA) is 84.9 Å². The van der Waals surface area contributed by atoms with E-state index in [1.807, 2.05) is 6.07 Å². The zero-order valence-corrected chi connectivity index (χ0v) is 20.4. The summed E-state index contributed by atoms with van der Waals surface area (Å²) in [6.45, 7) is 0.120. The summed E-state index contributed by atoms with van der Waals surface area (Å²) in [4.78, 5) is 39.2. The molecule has 1 aliphatic heterocycles. The summed E-state index contributed by atoms with van der Waals surface area (Å²) in [7, 11) is 1.50. The van der Waals surface area contributed by atoms with E-state index in [0.717, 1.165) is 10.5 Å². The van der Waals surface area contributed by atoms with Crippen molar-refractivity contribution < 1.29 is 23.9 Å². The zero-order valence-electron chi connectivity index (χ0n) is 18.2. The van der Waals surface area contributed by atoms with Crippen LogP contribution >= 0.6 is 34.8 Å². The molecule has 178 valence electrons. The van der Waals surface area contributed by atoms with Crippen molar-refractivity contribution in [3.8, 4) is 11.5 Å². The van der Waals surface area contributed by atoms with Crippen LogP contribution in [0.5, 0.6) is 11.5 Å². The highest BCUT2D eigenvalue weighted by molar-refractivity contribution is 6.40. The molecule has 35 heavy (non-hydrogen) atoms. The van der Waals surface area contributed by atoms with Gasteiger partial charge in [-0.15, -0.1) is 0 Å². The van der Waals surface area contributed by atoms with Crippen molar-refractivity contribution in [2.75, 3.05) is 12.0 Å². The van der Waals surface area contributed by atoms with Gasteiger partial charge in [0, 0.05) is 15.6 Å². The number of imide groups is 2. The highest BCUT2D eigenvalue weighted by Gasteiger charge is 2.37. The third kappa shape index (κ3) is 5.43. The van der Waals surface area contributed by atoms with Crippen LogP contribution in [0.3, 0.4) is 0 Å². The maximum atomic E-state index is 13.2. The third-order valence-corrected chi connectivity index (χ3v) is 5.78. The number of hydrogen-bond donors (Lipinski definition) is 1. The van der Waals surface area contributed by atoms with Crippen molar-refractivity contribution in [1.29, 1.82) is 0 Å². The maximum Gasteiger partial charge on any atom is 0.335 e. The van der Waals surface area contributed by atoms with Gasteiger partial charge in [-0.05, 0) is 60.2 Å². The Kier molecular flexibility index (Phi) is 7.31. The Hall–Kier alpha value is -3.52. The Morgan fingerprint density at radius 2 is 1.69 bits per heavy atom. The van der Waals surface area contributed by atoms with E-state index in [1.54, 1.807) is 30.3 Å². The normalized spacial score (nSPS) is 14.8. The van der Waals surface area contributed by atoms with Crippen LogP contribution in [-0.4, -0.2) is 25.0 Å². The quantitative estimate of drug-likeness (QED) is 0.316. The number of barbiturate groups is 1. The molecule has 4 amide bonds. The van der Waals surface area contributed by atoms with Crippen molar-refractivity contribution in [3.63, 3.8) is 0 Å². The molecule has 0 bridgehead atoms. The largest absolute Gasteiger partial charge is 0.497 e. The molecule has 0 atom stereocenters. The van der Waals surface area contributed by atoms with Gasteiger partial charge in [0.1, 0.15) is 23.7 Å². The highest BCUT2D eigenvalue weighted by Crippen LogP contribution is 2.35. The predicted octanol–water partition coefficient (Wildman–Crippen LogP) is 5.90. The van der Waals surface area contributed by atoms with Gasteiger partial charge in [-0.3, -0.25) is 14.9 Å². The van der Waals surface area contributed by atoms with E-state index < -0.39 is 17.8 Å². The summed E-state index contributed by atoms with van der Waals surface area (Å²) in [5.41, 5.74) is 1.02. The summed E-state index contributed by atoms with van der Waals surface area (Å²) in [5, 5.41) is 3.17. The molecule has 0 aromatic heterocycles. The number of anilines is 1. The van der Waals surface area contributed by atoms with Crippen LogP contribution in [0.25, 0.3) is 6.08 Å². The van der Waals surface area contributed by atoms with Gasteiger partial charge < -0.3 is 9.47 Å². The summed E-state index contributed by atoms with van der Waals surface area (Å²) in [6.07, 6.45) is 1.28. The molecule has 0 saturated carbocycles. The van der Waals surface area contributed by atoms with E-state index in [4.69, 9.17) is 44.3 Å². The van der Waals surface area contributed by atoms with E-state index >= 15 is 0 Å². The van der Waals surface area contributed by atoms with E-state index in [0.29, 0.717) is 10.8 Å². The van der Waals surface area contributed by atoms with E-state index in [-0.39, 0.29) is 39.2 Å². The lowest BCUT2D eigenvalue weighted by atomic mass is 10.1. The fraction of sp³-hybridized carbons (Fsp3) is 0.0800. The van der Waals surface area contributed by atoms with Crippen molar-refractivity contribution in [3.05, 3.63) is 92.4 Å². The van der Waals surface area contributed by atoms with Gasteiger partial charge >= 0.3 is 6.03 Å². The number of carbonyl (C=O) groups excluding carboxylic acids is 3. The molecule has 7 nitrogen and oxygen atoms in total. The Bertz CT molecular complexity index is 1360. The molecule has 0 aliphatic carbocycles. The zero-order chi connectivity index (χ0) is 25.1. The molecule has 1 N–H and O–H groups in total. The minimum absolute atomic E-state index is 0.120. The number of rotatable bonds is 6. The van der Waals surface area contributed by atoms with Crippen LogP contribution in [0.4, 0.5) is 10.5 Å². The van der Waals surface area contributed by atoms with E-state index in [9.17, 15) is 14.4 Å². The third-order valence-electron chi connectivity index (χ3n) is 5.04. The Labute approximate surface area is 215 Å². The van der Waals surface area contributed by atoms with Crippen molar-refractivity contribution >= 4 is 64.4 Å². The fourth-order valence-electron chi connectivity index (χ4n) is 3.40. The van der Waals surface area contributed by atoms with E-state index in [2.05, 4.69) is 5.32 Å². The van der Waals surface area contributed by atoms with Crippen molar-refractivity contribution in [1.82, 2.24) is 5.32 Å². The van der Waals surface area contributed by atoms with Crippen molar-refractivity contribution in [2.24, 2.45) is 0 Å². The molecule has 0 radical (unpaired) electrons. The lowest BCUT2D eigenvalue weighted by molar-refractivity contribution is -0.122. The molecule has 4 rings (SSSR count). The number of halogens is 3. The van der Waals surface area contributed by atoms with Crippen LogP contribution < -0.4 is 19.7 Å². The minimum Gasteiger partial charge on any atom is -0.497 e.